The summed E-state index contributed by atoms with van der Waals surface area (Å²) in [5, 5.41) is 2.98. The fourth-order valence-corrected chi connectivity index (χ4v) is 3.46. The van der Waals surface area contributed by atoms with Crippen LogP contribution in [0.15, 0.2) is 36.4 Å². The number of ether oxygens (including phenoxy) is 3. The Hall–Kier alpha value is -2.93. The smallest absolute Gasteiger partial charge is 0.322 e. The zero-order valence-corrected chi connectivity index (χ0v) is 17.5. The Bertz CT molecular complexity index is 848. The van der Waals surface area contributed by atoms with Crippen LogP contribution in [0.2, 0.25) is 0 Å². The van der Waals surface area contributed by atoms with Gasteiger partial charge in [0.1, 0.15) is 5.75 Å². The number of hydrogen-bond acceptors (Lipinski definition) is 5. The zero-order chi connectivity index (χ0) is 20.8. The summed E-state index contributed by atoms with van der Waals surface area (Å²) in [7, 11) is 4.88. The van der Waals surface area contributed by atoms with Crippen molar-refractivity contribution in [3.8, 4) is 17.2 Å². The first-order valence-electron chi connectivity index (χ1n) is 9.68. The molecule has 0 radical (unpaired) electrons. The topological polar surface area (TPSA) is 63.3 Å². The molecule has 0 bridgehead atoms. The van der Waals surface area contributed by atoms with E-state index in [9.17, 15) is 4.79 Å². The first kappa shape index (κ1) is 20.8. The quantitative estimate of drug-likeness (QED) is 0.807. The Kier molecular flexibility index (Phi) is 6.82. The molecule has 0 saturated carbocycles. The molecule has 1 saturated heterocycles. The summed E-state index contributed by atoms with van der Waals surface area (Å²) in [4.78, 5) is 16.8. The number of piperazine rings is 1. The van der Waals surface area contributed by atoms with Gasteiger partial charge in [0.25, 0.3) is 0 Å². The predicted octanol–water partition coefficient (Wildman–Crippen LogP) is 3.37. The fourth-order valence-electron chi connectivity index (χ4n) is 3.46. The number of nitrogens with zero attached hydrogens (tertiary/aromatic N) is 2. The summed E-state index contributed by atoms with van der Waals surface area (Å²) in [6.45, 7) is 5.77. The van der Waals surface area contributed by atoms with Gasteiger partial charge < -0.3 is 24.4 Å². The van der Waals surface area contributed by atoms with Gasteiger partial charge in [-0.25, -0.2) is 4.79 Å². The lowest BCUT2D eigenvalue weighted by atomic mass is 10.1. The molecule has 0 unspecified atom stereocenters. The number of carbonyl (C=O) groups excluding carboxylic acids is 1. The van der Waals surface area contributed by atoms with Crippen molar-refractivity contribution in [3.05, 3.63) is 47.5 Å². The molecule has 1 heterocycles. The van der Waals surface area contributed by atoms with Gasteiger partial charge in [-0.3, -0.25) is 4.90 Å². The molecule has 2 aromatic carbocycles. The largest absolute Gasteiger partial charge is 0.495 e. The highest BCUT2D eigenvalue weighted by Crippen LogP contribution is 2.28. The zero-order valence-electron chi connectivity index (χ0n) is 17.5. The molecule has 7 nitrogen and oxygen atoms in total. The summed E-state index contributed by atoms with van der Waals surface area (Å²) in [5.74, 6) is 2.12. The van der Waals surface area contributed by atoms with E-state index in [-0.39, 0.29) is 6.03 Å². The number of aryl methyl sites for hydroxylation is 1. The summed E-state index contributed by atoms with van der Waals surface area (Å²) >= 11 is 0. The third-order valence-electron chi connectivity index (χ3n) is 5.11. The second-order valence-corrected chi connectivity index (χ2v) is 7.09. The van der Waals surface area contributed by atoms with Crippen molar-refractivity contribution in [1.82, 2.24) is 9.80 Å². The van der Waals surface area contributed by atoms with Gasteiger partial charge in [-0.15, -0.1) is 0 Å². The predicted molar refractivity (Wildman–Crippen MR) is 113 cm³/mol. The van der Waals surface area contributed by atoms with Gasteiger partial charge >= 0.3 is 6.03 Å². The average Bonchev–Trinajstić information content (AvgIpc) is 2.74. The molecule has 156 valence electrons. The molecule has 29 heavy (non-hydrogen) atoms. The second-order valence-electron chi connectivity index (χ2n) is 7.09. The van der Waals surface area contributed by atoms with Crippen molar-refractivity contribution in [2.45, 2.75) is 13.5 Å². The van der Waals surface area contributed by atoms with Crippen LogP contribution in [0.4, 0.5) is 10.5 Å². The summed E-state index contributed by atoms with van der Waals surface area (Å²) < 4.78 is 16.0. The summed E-state index contributed by atoms with van der Waals surface area (Å²) in [6.07, 6.45) is 0. The first-order valence-corrected chi connectivity index (χ1v) is 9.68. The van der Waals surface area contributed by atoms with E-state index in [0.29, 0.717) is 24.5 Å². The number of benzene rings is 2. The molecule has 0 aliphatic carbocycles. The Balaban J connectivity index is 1.55. The number of anilines is 1. The van der Waals surface area contributed by atoms with Crippen molar-refractivity contribution in [3.63, 3.8) is 0 Å². The molecule has 0 aromatic heterocycles. The summed E-state index contributed by atoms with van der Waals surface area (Å²) in [6, 6.07) is 11.6. The van der Waals surface area contributed by atoms with E-state index in [0.717, 1.165) is 42.3 Å². The van der Waals surface area contributed by atoms with Gasteiger partial charge in [-0.1, -0.05) is 12.1 Å². The molecule has 1 aliphatic rings. The van der Waals surface area contributed by atoms with Gasteiger partial charge in [-0.05, 0) is 42.3 Å². The highest BCUT2D eigenvalue weighted by molar-refractivity contribution is 5.91. The van der Waals surface area contributed by atoms with Crippen LogP contribution in [0.25, 0.3) is 0 Å². The van der Waals surface area contributed by atoms with E-state index in [1.807, 2.05) is 48.2 Å². The van der Waals surface area contributed by atoms with Crippen LogP contribution in [0.5, 0.6) is 17.2 Å². The molecule has 1 fully saturated rings. The van der Waals surface area contributed by atoms with Crippen LogP contribution >= 0.6 is 0 Å². The van der Waals surface area contributed by atoms with E-state index in [4.69, 9.17) is 14.2 Å². The van der Waals surface area contributed by atoms with Crippen molar-refractivity contribution in [1.29, 1.82) is 0 Å². The maximum Gasteiger partial charge on any atom is 0.322 e. The monoisotopic (exact) mass is 399 g/mol. The molecule has 2 amide bonds. The van der Waals surface area contributed by atoms with Gasteiger partial charge in [0, 0.05) is 32.7 Å². The number of hydrogen-bond donors (Lipinski definition) is 1. The first-order chi connectivity index (χ1) is 14.0. The Morgan fingerprint density at radius 3 is 2.21 bits per heavy atom. The molecule has 7 heteroatoms. The van der Waals surface area contributed by atoms with Crippen LogP contribution in [0, 0.1) is 6.92 Å². The normalized spacial score (nSPS) is 14.4. The average molecular weight is 399 g/mol. The lowest BCUT2D eigenvalue weighted by Gasteiger charge is -2.34. The van der Waals surface area contributed by atoms with Crippen LogP contribution in [-0.2, 0) is 6.54 Å². The molecule has 0 atom stereocenters. The number of urea groups is 1. The van der Waals surface area contributed by atoms with Crippen molar-refractivity contribution < 1.29 is 19.0 Å². The van der Waals surface area contributed by atoms with E-state index >= 15 is 0 Å². The minimum absolute atomic E-state index is 0.0975. The van der Waals surface area contributed by atoms with Crippen LogP contribution in [0.3, 0.4) is 0 Å². The lowest BCUT2D eigenvalue weighted by molar-refractivity contribution is 0.143. The molecule has 3 rings (SSSR count). The molecular weight excluding hydrogens is 370 g/mol. The molecule has 2 aromatic rings. The highest BCUT2D eigenvalue weighted by Gasteiger charge is 2.22. The van der Waals surface area contributed by atoms with Crippen molar-refractivity contribution in [2.75, 3.05) is 52.8 Å². The van der Waals surface area contributed by atoms with E-state index in [1.165, 1.54) is 0 Å². The second kappa shape index (κ2) is 9.52. The fraction of sp³-hybridized carbons (Fsp3) is 0.409. The van der Waals surface area contributed by atoms with Gasteiger partial charge in [-0.2, -0.15) is 0 Å². The standard InChI is InChI=1S/C22H29N3O4/c1-16-5-7-19(27-2)18(13-16)23-22(26)25-11-9-24(10-12-25)15-17-6-8-20(28-3)21(14-17)29-4/h5-8,13-14H,9-12,15H2,1-4H3,(H,23,26). The minimum atomic E-state index is -0.0975. The van der Waals surface area contributed by atoms with Gasteiger partial charge in [0.15, 0.2) is 11.5 Å². The van der Waals surface area contributed by atoms with Crippen molar-refractivity contribution >= 4 is 11.7 Å². The third kappa shape index (κ3) is 5.12. The summed E-state index contributed by atoms with van der Waals surface area (Å²) in [5.41, 5.74) is 2.93. The lowest BCUT2D eigenvalue weighted by Crippen LogP contribution is -2.49. The van der Waals surface area contributed by atoms with E-state index < -0.39 is 0 Å². The third-order valence-corrected chi connectivity index (χ3v) is 5.11. The maximum absolute atomic E-state index is 12.7. The minimum Gasteiger partial charge on any atom is -0.495 e. The number of rotatable bonds is 6. The molecule has 1 N–H and O–H groups in total. The van der Waals surface area contributed by atoms with Gasteiger partial charge in [0.05, 0.1) is 27.0 Å². The SMILES string of the molecule is COc1ccc(C)cc1NC(=O)N1CCN(Cc2ccc(OC)c(OC)c2)CC1. The maximum atomic E-state index is 12.7. The van der Waals surface area contributed by atoms with Crippen LogP contribution in [0.1, 0.15) is 11.1 Å². The molecule has 1 aliphatic heterocycles. The Morgan fingerprint density at radius 1 is 0.897 bits per heavy atom. The van der Waals surface area contributed by atoms with Crippen LogP contribution in [-0.4, -0.2) is 63.3 Å². The number of amides is 2. The molecular formula is C22H29N3O4. The van der Waals surface area contributed by atoms with Crippen LogP contribution < -0.4 is 19.5 Å². The number of methoxy groups -OCH3 is 3. The number of carbonyl (C=O) groups is 1. The van der Waals surface area contributed by atoms with E-state index in [2.05, 4.69) is 10.2 Å². The highest BCUT2D eigenvalue weighted by atomic mass is 16.5. The Labute approximate surface area is 172 Å². The Morgan fingerprint density at radius 2 is 1.55 bits per heavy atom. The molecule has 0 spiro atoms. The van der Waals surface area contributed by atoms with Crippen molar-refractivity contribution in [2.24, 2.45) is 0 Å². The number of nitrogens with one attached hydrogen (secondary N) is 1. The van der Waals surface area contributed by atoms with Gasteiger partial charge in [0.2, 0.25) is 0 Å². The van der Waals surface area contributed by atoms with E-state index in [1.54, 1.807) is 21.3 Å².